The maximum absolute atomic E-state index is 12.2. The minimum absolute atomic E-state index is 0.0811. The Kier molecular flexibility index (Phi) is 3.69. The van der Waals surface area contributed by atoms with Gasteiger partial charge in [0.15, 0.2) is 5.82 Å². The Morgan fingerprint density at radius 1 is 1.47 bits per heavy atom. The van der Waals surface area contributed by atoms with Crippen molar-refractivity contribution in [3.05, 3.63) is 20.4 Å². The Hall–Kier alpha value is -0.960. The second kappa shape index (κ2) is 4.86. The van der Waals surface area contributed by atoms with Crippen molar-refractivity contribution in [3.63, 3.8) is 0 Å². The summed E-state index contributed by atoms with van der Waals surface area (Å²) in [5.74, 6) is 0.191. The molecule has 0 fully saturated rings. The van der Waals surface area contributed by atoms with Gasteiger partial charge in [-0.1, -0.05) is 23.2 Å². The van der Waals surface area contributed by atoms with E-state index in [1.165, 1.54) is 10.7 Å². The highest BCUT2D eigenvalue weighted by atomic mass is 35.5. The minimum atomic E-state index is -3.85. The summed E-state index contributed by atoms with van der Waals surface area (Å²) in [7, 11) is -2.26. The zero-order valence-corrected chi connectivity index (χ0v) is 13.1. The molecule has 2 aromatic heterocycles. The average molecular weight is 341 g/mol. The van der Waals surface area contributed by atoms with Crippen molar-refractivity contribution in [2.75, 3.05) is 10.5 Å². The number of rotatable bonds is 3. The summed E-state index contributed by atoms with van der Waals surface area (Å²) in [6.45, 7) is 1.68. The van der Waals surface area contributed by atoms with E-state index in [9.17, 15) is 8.42 Å². The summed E-state index contributed by atoms with van der Waals surface area (Å²) < 4.78 is 28.5. The first-order valence-electron chi connectivity index (χ1n) is 4.99. The Morgan fingerprint density at radius 3 is 2.53 bits per heavy atom. The fourth-order valence-corrected chi connectivity index (χ4v) is 4.75. The molecule has 0 unspecified atom stereocenters. The van der Waals surface area contributed by atoms with E-state index in [4.69, 9.17) is 28.9 Å². The molecule has 2 rings (SSSR count). The van der Waals surface area contributed by atoms with Gasteiger partial charge in [0.2, 0.25) is 0 Å². The van der Waals surface area contributed by atoms with Crippen LogP contribution in [0.5, 0.6) is 0 Å². The number of nitrogen functional groups attached to an aromatic ring is 1. The third-order valence-corrected chi connectivity index (χ3v) is 5.51. The van der Waals surface area contributed by atoms with Gasteiger partial charge in [-0.2, -0.15) is 5.10 Å². The van der Waals surface area contributed by atoms with Gasteiger partial charge in [-0.05, 0) is 13.0 Å². The summed E-state index contributed by atoms with van der Waals surface area (Å²) >= 11 is 12.6. The molecule has 6 nitrogen and oxygen atoms in total. The van der Waals surface area contributed by atoms with Crippen molar-refractivity contribution in [3.8, 4) is 0 Å². The number of sulfonamides is 1. The highest BCUT2D eigenvalue weighted by molar-refractivity contribution is 7.93. The number of nitrogens with two attached hydrogens (primary N) is 1. The van der Waals surface area contributed by atoms with E-state index >= 15 is 0 Å². The third-order valence-electron chi connectivity index (χ3n) is 2.41. The molecule has 2 aromatic rings. The standard InChI is InChI=1S/C9H10Cl2N4O2S2/c1-4-7(12)9(15(2)13-4)14-19(16,17)5-3-6(10)18-8(5)11/h3,14H,12H2,1-2H3. The predicted octanol–water partition coefficient (Wildman–Crippen LogP) is 2.48. The van der Waals surface area contributed by atoms with Crippen LogP contribution in [0.4, 0.5) is 11.5 Å². The van der Waals surface area contributed by atoms with E-state index < -0.39 is 10.0 Å². The van der Waals surface area contributed by atoms with Gasteiger partial charge in [-0.15, -0.1) is 11.3 Å². The Balaban J connectivity index is 2.45. The van der Waals surface area contributed by atoms with E-state index in [0.29, 0.717) is 10.0 Å². The summed E-state index contributed by atoms with van der Waals surface area (Å²) in [6, 6.07) is 1.29. The number of hydrogen-bond donors (Lipinski definition) is 2. The van der Waals surface area contributed by atoms with Crippen molar-refractivity contribution in [2.24, 2.45) is 7.05 Å². The minimum Gasteiger partial charge on any atom is -0.394 e. The van der Waals surface area contributed by atoms with Crippen LogP contribution in [-0.4, -0.2) is 18.2 Å². The lowest BCUT2D eigenvalue weighted by Crippen LogP contribution is -2.16. The van der Waals surface area contributed by atoms with Crippen LogP contribution >= 0.6 is 34.5 Å². The molecule has 0 saturated heterocycles. The van der Waals surface area contributed by atoms with E-state index in [1.807, 2.05) is 0 Å². The zero-order chi connectivity index (χ0) is 14.4. The first-order chi connectivity index (χ1) is 8.72. The van der Waals surface area contributed by atoms with Gasteiger partial charge in [0.05, 0.1) is 15.7 Å². The van der Waals surface area contributed by atoms with E-state index in [2.05, 4.69) is 9.82 Å². The van der Waals surface area contributed by atoms with Crippen LogP contribution in [0.15, 0.2) is 11.0 Å². The molecule has 0 amide bonds. The topological polar surface area (TPSA) is 90.0 Å². The summed E-state index contributed by atoms with van der Waals surface area (Å²) in [4.78, 5) is -0.0811. The van der Waals surface area contributed by atoms with E-state index in [1.54, 1.807) is 14.0 Å². The summed E-state index contributed by atoms with van der Waals surface area (Å²) in [5.41, 5.74) is 6.57. The fourth-order valence-electron chi connectivity index (χ4n) is 1.49. The van der Waals surface area contributed by atoms with Crippen LogP contribution in [0.3, 0.4) is 0 Å². The van der Waals surface area contributed by atoms with Gasteiger partial charge in [0.25, 0.3) is 10.0 Å². The first kappa shape index (κ1) is 14.4. The second-order valence-corrected chi connectivity index (χ2v) is 7.70. The largest absolute Gasteiger partial charge is 0.394 e. The molecule has 0 radical (unpaired) electrons. The molecule has 104 valence electrons. The van der Waals surface area contributed by atoms with Gasteiger partial charge < -0.3 is 5.73 Å². The number of anilines is 2. The lowest BCUT2D eigenvalue weighted by molar-refractivity contribution is 0.600. The summed E-state index contributed by atoms with van der Waals surface area (Å²) in [5, 5.41) is 4.02. The monoisotopic (exact) mass is 340 g/mol. The molecule has 0 aromatic carbocycles. The molecule has 2 heterocycles. The summed E-state index contributed by atoms with van der Waals surface area (Å²) in [6.07, 6.45) is 0. The van der Waals surface area contributed by atoms with Gasteiger partial charge in [0, 0.05) is 7.05 Å². The average Bonchev–Trinajstić information content (AvgIpc) is 2.74. The van der Waals surface area contributed by atoms with Gasteiger partial charge in [-0.25, -0.2) is 13.1 Å². The Bertz CT molecular complexity index is 736. The lowest BCUT2D eigenvalue weighted by atomic mass is 10.4. The van der Waals surface area contributed by atoms with Crippen molar-refractivity contribution >= 4 is 56.1 Å². The van der Waals surface area contributed by atoms with Crippen molar-refractivity contribution in [1.82, 2.24) is 9.78 Å². The van der Waals surface area contributed by atoms with Crippen LogP contribution in [0.1, 0.15) is 5.69 Å². The quantitative estimate of drug-likeness (QED) is 0.897. The number of hydrogen-bond acceptors (Lipinski definition) is 5. The van der Waals surface area contributed by atoms with Crippen molar-refractivity contribution in [1.29, 1.82) is 0 Å². The molecule has 0 aliphatic rings. The molecule has 0 aliphatic heterocycles. The number of thiophene rings is 1. The number of nitrogens with one attached hydrogen (secondary N) is 1. The maximum Gasteiger partial charge on any atom is 0.265 e. The zero-order valence-electron chi connectivity index (χ0n) is 9.94. The third kappa shape index (κ3) is 2.66. The number of nitrogens with zero attached hydrogens (tertiary/aromatic N) is 2. The fraction of sp³-hybridized carbons (Fsp3) is 0.222. The highest BCUT2D eigenvalue weighted by Crippen LogP contribution is 2.35. The normalized spacial score (nSPS) is 11.8. The maximum atomic E-state index is 12.2. The molecule has 10 heteroatoms. The molecule has 0 saturated carbocycles. The molecule has 0 spiro atoms. The highest BCUT2D eigenvalue weighted by Gasteiger charge is 2.24. The Morgan fingerprint density at radius 2 is 2.11 bits per heavy atom. The smallest absolute Gasteiger partial charge is 0.265 e. The molecular formula is C9H10Cl2N4O2S2. The van der Waals surface area contributed by atoms with Crippen LogP contribution in [0.25, 0.3) is 0 Å². The number of halogens is 2. The van der Waals surface area contributed by atoms with Gasteiger partial charge in [-0.3, -0.25) is 4.72 Å². The van der Waals surface area contributed by atoms with Gasteiger partial charge >= 0.3 is 0 Å². The second-order valence-electron chi connectivity index (χ2n) is 3.77. The molecule has 0 atom stereocenters. The Labute approximate surface area is 124 Å². The molecule has 0 aliphatic carbocycles. The van der Waals surface area contributed by atoms with E-state index in [-0.39, 0.29) is 20.7 Å². The van der Waals surface area contributed by atoms with Gasteiger partial charge in [0.1, 0.15) is 9.23 Å². The lowest BCUT2D eigenvalue weighted by Gasteiger charge is -2.08. The number of aromatic nitrogens is 2. The van der Waals surface area contributed by atoms with Crippen molar-refractivity contribution < 1.29 is 8.42 Å². The first-order valence-corrected chi connectivity index (χ1v) is 8.04. The van der Waals surface area contributed by atoms with Crippen LogP contribution < -0.4 is 10.5 Å². The number of aryl methyl sites for hydroxylation is 2. The molecular weight excluding hydrogens is 331 g/mol. The van der Waals surface area contributed by atoms with Crippen LogP contribution in [-0.2, 0) is 17.1 Å². The predicted molar refractivity (Wildman–Crippen MR) is 77.5 cm³/mol. The molecule has 0 bridgehead atoms. The SMILES string of the molecule is Cc1nn(C)c(NS(=O)(=O)c2cc(Cl)sc2Cl)c1N. The van der Waals surface area contributed by atoms with Crippen molar-refractivity contribution in [2.45, 2.75) is 11.8 Å². The van der Waals surface area contributed by atoms with E-state index in [0.717, 1.165) is 11.3 Å². The molecule has 19 heavy (non-hydrogen) atoms. The van der Waals surface area contributed by atoms with Crippen LogP contribution in [0, 0.1) is 6.92 Å². The van der Waals surface area contributed by atoms with Crippen LogP contribution in [0.2, 0.25) is 8.67 Å². The molecule has 3 N–H and O–H groups in total.